The van der Waals surface area contributed by atoms with E-state index in [4.69, 9.17) is 0 Å². The van der Waals surface area contributed by atoms with Gasteiger partial charge in [-0.1, -0.05) is 12.1 Å². The molecule has 1 heterocycles. The number of nitrogens with one attached hydrogen (secondary N) is 1. The molecule has 0 saturated heterocycles. The van der Waals surface area contributed by atoms with Crippen molar-refractivity contribution in [2.75, 3.05) is 24.3 Å². The summed E-state index contributed by atoms with van der Waals surface area (Å²) in [6.45, 7) is 0. The van der Waals surface area contributed by atoms with Gasteiger partial charge in [-0.25, -0.2) is 0 Å². The van der Waals surface area contributed by atoms with Gasteiger partial charge in [0, 0.05) is 36.1 Å². The molecule has 0 fully saturated rings. The molecule has 0 aliphatic rings. The normalized spacial score (nSPS) is 11.5. The van der Waals surface area contributed by atoms with Gasteiger partial charge in [0.05, 0.1) is 5.56 Å². The predicted molar refractivity (Wildman–Crippen MR) is 106 cm³/mol. The van der Waals surface area contributed by atoms with Gasteiger partial charge in [0.25, 0.3) is 5.91 Å². The quantitative estimate of drug-likeness (QED) is 0.552. The van der Waals surface area contributed by atoms with Gasteiger partial charge in [-0.15, -0.1) is 10.2 Å². The molecule has 0 aliphatic heterocycles. The molecule has 0 atom stereocenters. The van der Waals surface area contributed by atoms with E-state index in [-0.39, 0.29) is 5.69 Å². The first-order valence-electron chi connectivity index (χ1n) is 7.78. The van der Waals surface area contributed by atoms with Crippen molar-refractivity contribution in [3.05, 3.63) is 57.3 Å². The predicted octanol–water partition coefficient (Wildman–Crippen LogP) is 4.57. The van der Waals surface area contributed by atoms with Gasteiger partial charge in [-0.05, 0) is 52.9 Å². The number of aromatic nitrogens is 2. The van der Waals surface area contributed by atoms with Crippen LogP contribution < -0.4 is 10.2 Å². The van der Waals surface area contributed by atoms with Crippen LogP contribution in [0.4, 0.5) is 24.7 Å². The van der Waals surface area contributed by atoms with Crippen LogP contribution in [0.5, 0.6) is 0 Å². The molecule has 1 N–H and O–H groups in total. The fourth-order valence-electron chi connectivity index (χ4n) is 2.56. The lowest BCUT2D eigenvalue weighted by molar-refractivity contribution is -0.137. The number of benzene rings is 2. The first kappa shape index (κ1) is 19.3. The fourth-order valence-corrected chi connectivity index (χ4v) is 3.13. The number of carbonyl (C=O) groups excluding carboxylic acids is 1. The van der Waals surface area contributed by atoms with E-state index in [1.165, 1.54) is 12.1 Å². The Morgan fingerprint density at radius 3 is 2.48 bits per heavy atom. The minimum atomic E-state index is -4.47. The zero-order chi connectivity index (χ0) is 19.8. The number of fused-ring (bicyclic) bond motifs is 1. The van der Waals surface area contributed by atoms with E-state index in [9.17, 15) is 18.0 Å². The highest BCUT2D eigenvalue weighted by atomic mass is 127. The molecule has 5 nitrogen and oxygen atoms in total. The molecule has 9 heteroatoms. The third kappa shape index (κ3) is 4.12. The van der Waals surface area contributed by atoms with Crippen molar-refractivity contribution in [1.82, 2.24) is 10.2 Å². The molecule has 0 spiro atoms. The van der Waals surface area contributed by atoms with E-state index in [0.29, 0.717) is 15.1 Å². The zero-order valence-corrected chi connectivity index (χ0v) is 16.5. The monoisotopic (exact) mass is 486 g/mol. The van der Waals surface area contributed by atoms with Crippen molar-refractivity contribution in [1.29, 1.82) is 0 Å². The molecular formula is C18H14F3IN4O. The number of anilines is 2. The number of nitrogens with zero attached hydrogens (tertiary/aromatic N) is 3. The number of hydrogen-bond donors (Lipinski definition) is 1. The van der Waals surface area contributed by atoms with Gasteiger partial charge in [0.1, 0.15) is 3.70 Å². The highest BCUT2D eigenvalue weighted by molar-refractivity contribution is 14.1. The lowest BCUT2D eigenvalue weighted by Crippen LogP contribution is -2.15. The standard InChI is InChI=1S/C18H14F3IN4O/c1-26(2)16-14-8-10(6-7-13(14)15(22)24-25-16)17(27)23-12-5-3-4-11(9-12)18(19,20)21/h3-9H,1-2H3,(H,23,27). The number of halogens is 4. The summed E-state index contributed by atoms with van der Waals surface area (Å²) in [5.41, 5.74) is -0.435. The summed E-state index contributed by atoms with van der Waals surface area (Å²) in [6, 6.07) is 9.53. The molecule has 0 unspecified atom stereocenters. The smallest absolute Gasteiger partial charge is 0.361 e. The number of rotatable bonds is 3. The Bertz CT molecular complexity index is 1020. The minimum absolute atomic E-state index is 0.0742. The maximum Gasteiger partial charge on any atom is 0.416 e. The van der Waals surface area contributed by atoms with Crippen molar-refractivity contribution in [2.45, 2.75) is 6.18 Å². The van der Waals surface area contributed by atoms with E-state index >= 15 is 0 Å². The van der Waals surface area contributed by atoms with Crippen LogP contribution in [0.2, 0.25) is 0 Å². The number of amides is 1. The van der Waals surface area contributed by atoms with E-state index in [0.717, 1.165) is 22.9 Å². The molecule has 0 radical (unpaired) electrons. The van der Waals surface area contributed by atoms with Gasteiger partial charge in [-0.2, -0.15) is 13.2 Å². The van der Waals surface area contributed by atoms with Crippen LogP contribution in [0.25, 0.3) is 10.8 Å². The summed E-state index contributed by atoms with van der Waals surface area (Å²) in [6.07, 6.45) is -4.47. The Balaban J connectivity index is 1.96. The van der Waals surface area contributed by atoms with Gasteiger partial charge in [-0.3, -0.25) is 4.79 Å². The van der Waals surface area contributed by atoms with Crippen LogP contribution >= 0.6 is 22.6 Å². The number of carbonyl (C=O) groups is 1. The second-order valence-electron chi connectivity index (χ2n) is 6.00. The van der Waals surface area contributed by atoms with Crippen molar-refractivity contribution in [3.63, 3.8) is 0 Å². The number of hydrogen-bond acceptors (Lipinski definition) is 4. The molecule has 0 aliphatic carbocycles. The molecule has 3 aromatic rings. The van der Waals surface area contributed by atoms with Crippen molar-refractivity contribution < 1.29 is 18.0 Å². The summed E-state index contributed by atoms with van der Waals surface area (Å²) in [5, 5.41) is 12.3. The van der Waals surface area contributed by atoms with E-state index < -0.39 is 17.6 Å². The van der Waals surface area contributed by atoms with Crippen molar-refractivity contribution >= 4 is 50.8 Å². The van der Waals surface area contributed by atoms with Crippen LogP contribution in [0.1, 0.15) is 15.9 Å². The van der Waals surface area contributed by atoms with Crippen LogP contribution in [0.15, 0.2) is 42.5 Å². The third-order valence-electron chi connectivity index (χ3n) is 3.85. The van der Waals surface area contributed by atoms with Gasteiger partial charge < -0.3 is 10.2 Å². The topological polar surface area (TPSA) is 58.1 Å². The lowest BCUT2D eigenvalue weighted by atomic mass is 10.1. The molecule has 27 heavy (non-hydrogen) atoms. The highest BCUT2D eigenvalue weighted by Gasteiger charge is 2.30. The Hall–Kier alpha value is -2.43. The maximum absolute atomic E-state index is 12.8. The van der Waals surface area contributed by atoms with Crippen LogP contribution in [0, 0.1) is 3.70 Å². The second kappa shape index (κ2) is 7.29. The van der Waals surface area contributed by atoms with Crippen molar-refractivity contribution in [3.8, 4) is 0 Å². The molecule has 0 saturated carbocycles. The second-order valence-corrected chi connectivity index (χ2v) is 7.02. The largest absolute Gasteiger partial charge is 0.416 e. The molecule has 2 aromatic carbocycles. The van der Waals surface area contributed by atoms with Crippen molar-refractivity contribution in [2.24, 2.45) is 0 Å². The summed E-state index contributed by atoms with van der Waals surface area (Å²) in [5.74, 6) is 0.0897. The number of alkyl halides is 3. The van der Waals surface area contributed by atoms with Crippen LogP contribution in [-0.4, -0.2) is 30.2 Å². The Morgan fingerprint density at radius 1 is 1.07 bits per heavy atom. The SMILES string of the molecule is CN(C)c1nnc(I)c2ccc(C(=O)Nc3cccc(C(F)(F)F)c3)cc12. The molecule has 140 valence electrons. The average molecular weight is 486 g/mol. The van der Waals surface area contributed by atoms with Gasteiger partial charge in [0.2, 0.25) is 0 Å². The van der Waals surface area contributed by atoms with E-state index in [1.807, 2.05) is 14.1 Å². The molecular weight excluding hydrogens is 472 g/mol. The van der Waals surface area contributed by atoms with Crippen LogP contribution in [-0.2, 0) is 6.18 Å². The molecule has 0 bridgehead atoms. The molecule has 1 amide bonds. The average Bonchev–Trinajstić information content (AvgIpc) is 2.61. The summed E-state index contributed by atoms with van der Waals surface area (Å²) >= 11 is 2.06. The van der Waals surface area contributed by atoms with E-state index in [2.05, 4.69) is 38.1 Å². The Labute approximate surface area is 166 Å². The fraction of sp³-hybridized carbons (Fsp3) is 0.167. The van der Waals surface area contributed by atoms with Gasteiger partial charge >= 0.3 is 6.18 Å². The highest BCUT2D eigenvalue weighted by Crippen LogP contribution is 2.31. The third-order valence-corrected chi connectivity index (χ3v) is 4.65. The van der Waals surface area contributed by atoms with Gasteiger partial charge in [0.15, 0.2) is 5.82 Å². The van der Waals surface area contributed by atoms with E-state index in [1.54, 1.807) is 23.1 Å². The first-order valence-corrected chi connectivity index (χ1v) is 8.86. The summed E-state index contributed by atoms with van der Waals surface area (Å²) in [4.78, 5) is 14.3. The summed E-state index contributed by atoms with van der Waals surface area (Å²) in [7, 11) is 3.62. The Kier molecular flexibility index (Phi) is 5.22. The minimum Gasteiger partial charge on any atom is -0.361 e. The first-order chi connectivity index (χ1) is 12.7. The van der Waals surface area contributed by atoms with Crippen LogP contribution in [0.3, 0.4) is 0 Å². The lowest BCUT2D eigenvalue weighted by Gasteiger charge is -2.15. The Morgan fingerprint density at radius 2 is 1.81 bits per heavy atom. The molecule has 3 rings (SSSR count). The maximum atomic E-state index is 12.8. The zero-order valence-electron chi connectivity index (χ0n) is 14.3. The molecule has 1 aromatic heterocycles. The summed E-state index contributed by atoms with van der Waals surface area (Å²) < 4.78 is 39.2.